The van der Waals surface area contributed by atoms with Gasteiger partial charge in [0.1, 0.15) is 5.60 Å². The lowest BCUT2D eigenvalue weighted by Crippen LogP contribution is -2.39. The fourth-order valence-electron chi connectivity index (χ4n) is 2.60. The van der Waals surface area contributed by atoms with Gasteiger partial charge in [0.05, 0.1) is 6.04 Å². The van der Waals surface area contributed by atoms with Gasteiger partial charge < -0.3 is 4.74 Å². The van der Waals surface area contributed by atoms with Gasteiger partial charge in [-0.15, -0.1) is 5.73 Å². The molecule has 0 N–H and O–H groups in total. The first kappa shape index (κ1) is 11.3. The summed E-state index contributed by atoms with van der Waals surface area (Å²) in [6, 6.07) is 0.501. The molecule has 0 aliphatic carbocycles. The Morgan fingerprint density at radius 1 is 1.50 bits per heavy atom. The molecule has 0 unspecified atom stereocenters. The summed E-state index contributed by atoms with van der Waals surface area (Å²) < 4.78 is 5.42. The summed E-state index contributed by atoms with van der Waals surface area (Å²) in [6.45, 7) is 9.38. The van der Waals surface area contributed by atoms with Crippen molar-refractivity contribution >= 4 is 6.09 Å². The largest absolute Gasteiger partial charge is 0.444 e. The van der Waals surface area contributed by atoms with Crippen molar-refractivity contribution < 1.29 is 9.53 Å². The zero-order valence-corrected chi connectivity index (χ0v) is 10.2. The highest BCUT2D eigenvalue weighted by molar-refractivity contribution is 5.71. The van der Waals surface area contributed by atoms with Gasteiger partial charge in [-0.25, -0.2) is 4.79 Å². The Labute approximate surface area is 96.8 Å². The van der Waals surface area contributed by atoms with Crippen LogP contribution < -0.4 is 0 Å². The van der Waals surface area contributed by atoms with Crippen molar-refractivity contribution in [2.45, 2.75) is 57.7 Å². The number of ether oxygens (including phenoxy) is 1. The van der Waals surface area contributed by atoms with Crippen molar-refractivity contribution in [3.05, 3.63) is 17.9 Å². The van der Waals surface area contributed by atoms with E-state index in [9.17, 15) is 4.79 Å². The van der Waals surface area contributed by atoms with E-state index in [-0.39, 0.29) is 12.1 Å². The summed E-state index contributed by atoms with van der Waals surface area (Å²) in [5, 5.41) is 0. The first-order valence-corrected chi connectivity index (χ1v) is 5.82. The standard InChI is InChI=1S/C13H19NO2/c1-5-9-8-10-6-7-11(9)14(10)12(15)16-13(2,3)4/h10-11H,1,6-8H2,2-4H3/t10-,11+/m0/s1. The van der Waals surface area contributed by atoms with E-state index >= 15 is 0 Å². The van der Waals surface area contributed by atoms with Gasteiger partial charge in [0.2, 0.25) is 0 Å². The van der Waals surface area contributed by atoms with Crippen molar-refractivity contribution in [1.82, 2.24) is 4.90 Å². The number of hydrogen-bond donors (Lipinski definition) is 0. The van der Waals surface area contributed by atoms with Gasteiger partial charge in [-0.3, -0.25) is 4.90 Å². The van der Waals surface area contributed by atoms with Crippen LogP contribution in [-0.4, -0.2) is 28.7 Å². The molecule has 2 saturated heterocycles. The highest BCUT2D eigenvalue weighted by Crippen LogP contribution is 2.41. The molecule has 2 atom stereocenters. The topological polar surface area (TPSA) is 29.5 Å². The van der Waals surface area contributed by atoms with Crippen molar-refractivity contribution in [3.8, 4) is 0 Å². The zero-order chi connectivity index (χ0) is 11.9. The molecule has 0 radical (unpaired) electrons. The quantitative estimate of drug-likeness (QED) is 0.589. The van der Waals surface area contributed by atoms with Crippen LogP contribution in [0.2, 0.25) is 0 Å². The van der Waals surface area contributed by atoms with Gasteiger partial charge >= 0.3 is 6.09 Å². The van der Waals surface area contributed by atoms with Crippen LogP contribution >= 0.6 is 0 Å². The molecule has 2 rings (SSSR count). The maximum atomic E-state index is 12.0. The minimum atomic E-state index is -0.419. The average Bonchev–Trinajstić information content (AvgIpc) is 2.70. The van der Waals surface area contributed by atoms with Gasteiger partial charge in [-0.1, -0.05) is 6.58 Å². The van der Waals surface area contributed by atoms with Crippen LogP contribution in [0.15, 0.2) is 17.9 Å². The van der Waals surface area contributed by atoms with Crippen LogP contribution in [0.4, 0.5) is 4.79 Å². The number of fused-ring (bicyclic) bond motifs is 2. The Hall–Kier alpha value is -1.21. The maximum Gasteiger partial charge on any atom is 0.411 e. The Morgan fingerprint density at radius 2 is 2.19 bits per heavy atom. The number of amides is 1. The van der Waals surface area contributed by atoms with Crippen molar-refractivity contribution in [2.24, 2.45) is 0 Å². The third-order valence-corrected chi connectivity index (χ3v) is 3.19. The summed E-state index contributed by atoms with van der Waals surface area (Å²) >= 11 is 0. The van der Waals surface area contributed by atoms with Crippen LogP contribution in [0.5, 0.6) is 0 Å². The van der Waals surface area contributed by atoms with Gasteiger partial charge in [0, 0.05) is 6.04 Å². The molecule has 0 saturated carbocycles. The first-order chi connectivity index (χ1) is 7.42. The minimum Gasteiger partial charge on any atom is -0.444 e. The molecule has 0 spiro atoms. The number of nitrogens with zero attached hydrogens (tertiary/aromatic N) is 1. The highest BCUT2D eigenvalue weighted by Gasteiger charge is 2.46. The number of hydrogen-bond acceptors (Lipinski definition) is 2. The Kier molecular flexibility index (Phi) is 2.59. The molecule has 2 fully saturated rings. The Balaban J connectivity index is 2.12. The summed E-state index contributed by atoms with van der Waals surface area (Å²) in [5.74, 6) is 0. The Morgan fingerprint density at radius 3 is 2.69 bits per heavy atom. The van der Waals surface area contributed by atoms with E-state index in [0.717, 1.165) is 19.3 Å². The average molecular weight is 221 g/mol. The lowest BCUT2D eigenvalue weighted by molar-refractivity contribution is 0.0224. The SMILES string of the molecule is C=C=C1C[C@@H]2CC[C@H]1N2C(=O)OC(C)(C)C. The van der Waals surface area contributed by atoms with E-state index in [1.165, 1.54) is 5.57 Å². The molecule has 2 bridgehead atoms. The molecule has 1 amide bonds. The van der Waals surface area contributed by atoms with Crippen LogP contribution in [0.25, 0.3) is 0 Å². The molecular formula is C13H19NO2. The summed E-state index contributed by atoms with van der Waals surface area (Å²) in [5.41, 5.74) is 3.71. The van der Waals surface area contributed by atoms with Crippen molar-refractivity contribution in [1.29, 1.82) is 0 Å². The normalized spacial score (nSPS) is 28.2. The van der Waals surface area contributed by atoms with Crippen LogP contribution in [0.1, 0.15) is 40.0 Å². The molecular weight excluding hydrogens is 202 g/mol. The first-order valence-electron chi connectivity index (χ1n) is 5.82. The highest BCUT2D eigenvalue weighted by atomic mass is 16.6. The molecule has 3 heteroatoms. The molecule has 2 heterocycles. The number of carbonyl (C=O) groups excluding carboxylic acids is 1. The molecule has 3 nitrogen and oxygen atoms in total. The van der Waals surface area contributed by atoms with E-state index < -0.39 is 5.60 Å². The molecule has 0 aromatic heterocycles. The third kappa shape index (κ3) is 1.88. The fraction of sp³-hybridized carbons (Fsp3) is 0.692. The smallest absolute Gasteiger partial charge is 0.411 e. The van der Waals surface area contributed by atoms with E-state index in [0.29, 0.717) is 6.04 Å². The van der Waals surface area contributed by atoms with Gasteiger partial charge in [0.15, 0.2) is 0 Å². The van der Waals surface area contributed by atoms with E-state index in [1.54, 1.807) is 0 Å². The zero-order valence-electron chi connectivity index (χ0n) is 10.2. The monoisotopic (exact) mass is 221 g/mol. The molecule has 0 aromatic carbocycles. The Bertz CT molecular complexity index is 361. The predicted octanol–water partition coefficient (Wildman–Crippen LogP) is 2.87. The second-order valence-corrected chi connectivity index (χ2v) is 5.54. The van der Waals surface area contributed by atoms with E-state index in [2.05, 4.69) is 12.3 Å². The maximum absolute atomic E-state index is 12.0. The van der Waals surface area contributed by atoms with Crippen LogP contribution in [0, 0.1) is 0 Å². The molecule has 16 heavy (non-hydrogen) atoms. The molecule has 2 aliphatic rings. The number of rotatable bonds is 0. The number of carbonyl (C=O) groups is 1. The molecule has 88 valence electrons. The van der Waals surface area contributed by atoms with E-state index in [1.807, 2.05) is 25.7 Å². The van der Waals surface area contributed by atoms with Crippen LogP contribution in [0.3, 0.4) is 0 Å². The summed E-state index contributed by atoms with van der Waals surface area (Å²) in [6.07, 6.45) is 2.84. The van der Waals surface area contributed by atoms with Crippen molar-refractivity contribution in [3.63, 3.8) is 0 Å². The second kappa shape index (κ2) is 3.67. The summed E-state index contributed by atoms with van der Waals surface area (Å²) in [4.78, 5) is 13.9. The molecule has 2 aliphatic heterocycles. The predicted molar refractivity (Wildman–Crippen MR) is 62.2 cm³/mol. The lowest BCUT2D eigenvalue weighted by Gasteiger charge is -2.27. The lowest BCUT2D eigenvalue weighted by atomic mass is 9.96. The van der Waals surface area contributed by atoms with Gasteiger partial charge in [0.25, 0.3) is 0 Å². The van der Waals surface area contributed by atoms with Gasteiger partial charge in [-0.2, -0.15) is 0 Å². The molecule has 0 aromatic rings. The van der Waals surface area contributed by atoms with E-state index in [4.69, 9.17) is 4.74 Å². The van der Waals surface area contributed by atoms with Gasteiger partial charge in [-0.05, 0) is 45.6 Å². The van der Waals surface area contributed by atoms with Crippen LogP contribution in [-0.2, 0) is 4.74 Å². The minimum absolute atomic E-state index is 0.190. The second-order valence-electron chi connectivity index (χ2n) is 5.54. The third-order valence-electron chi connectivity index (χ3n) is 3.19. The summed E-state index contributed by atoms with van der Waals surface area (Å²) in [7, 11) is 0. The van der Waals surface area contributed by atoms with Crippen molar-refractivity contribution in [2.75, 3.05) is 0 Å². The fourth-order valence-corrected chi connectivity index (χ4v) is 2.60.